The predicted molar refractivity (Wildman–Crippen MR) is 91.6 cm³/mol. The third kappa shape index (κ3) is 4.27. The van der Waals surface area contributed by atoms with E-state index in [4.69, 9.17) is 10.00 Å². The van der Waals surface area contributed by atoms with Crippen molar-refractivity contribution in [3.8, 4) is 11.8 Å². The fourth-order valence-corrected chi connectivity index (χ4v) is 3.23. The highest BCUT2D eigenvalue weighted by Gasteiger charge is 2.41. The summed E-state index contributed by atoms with van der Waals surface area (Å²) in [6.07, 6.45) is 2.02. The van der Waals surface area contributed by atoms with Gasteiger partial charge in [-0.25, -0.2) is 0 Å². The molecule has 0 unspecified atom stereocenters. The molecule has 1 aliphatic heterocycles. The normalized spacial score (nSPS) is 23.6. The Morgan fingerprint density at radius 3 is 2.75 bits per heavy atom. The first-order valence-electron chi connectivity index (χ1n) is 8.81. The van der Waals surface area contributed by atoms with Crippen LogP contribution in [0.3, 0.4) is 0 Å². The average molecular weight is 327 g/mol. The minimum absolute atomic E-state index is 0.300. The molecule has 0 bridgehead atoms. The molecule has 1 aromatic rings. The third-order valence-electron chi connectivity index (χ3n) is 4.96. The molecular weight excluding hydrogens is 302 g/mol. The Hall–Kier alpha value is -2.06. The first-order chi connectivity index (χ1) is 11.7. The number of benzene rings is 1. The zero-order valence-electron chi connectivity index (χ0n) is 14.3. The van der Waals surface area contributed by atoms with Gasteiger partial charge in [0.05, 0.1) is 18.2 Å². The highest BCUT2D eigenvalue weighted by Crippen LogP contribution is 2.39. The molecule has 1 heterocycles. The Labute approximate surface area is 143 Å². The maximum absolute atomic E-state index is 12.2. The number of ether oxygens (including phenoxy) is 1. The van der Waals surface area contributed by atoms with E-state index in [1.54, 1.807) is 12.1 Å². The first kappa shape index (κ1) is 16.8. The minimum atomic E-state index is 0.300. The molecule has 1 saturated heterocycles. The minimum Gasteiger partial charge on any atom is -0.494 e. The van der Waals surface area contributed by atoms with E-state index in [0.29, 0.717) is 29.9 Å². The number of carbonyl (C=O) groups is 1. The second-order valence-electron chi connectivity index (χ2n) is 6.83. The van der Waals surface area contributed by atoms with Gasteiger partial charge < -0.3 is 9.64 Å². The van der Waals surface area contributed by atoms with Gasteiger partial charge in [0.15, 0.2) is 0 Å². The summed E-state index contributed by atoms with van der Waals surface area (Å²) >= 11 is 0. The monoisotopic (exact) mass is 327 g/mol. The molecule has 1 aromatic carbocycles. The van der Waals surface area contributed by atoms with Crippen molar-refractivity contribution in [1.82, 2.24) is 9.80 Å². The summed E-state index contributed by atoms with van der Waals surface area (Å²) in [6.45, 7) is 7.41. The van der Waals surface area contributed by atoms with Crippen molar-refractivity contribution in [2.45, 2.75) is 19.8 Å². The number of nitrogens with zero attached hydrogens (tertiary/aromatic N) is 3. The molecule has 24 heavy (non-hydrogen) atoms. The van der Waals surface area contributed by atoms with E-state index in [1.807, 2.05) is 17.0 Å². The van der Waals surface area contributed by atoms with Gasteiger partial charge in [0.25, 0.3) is 0 Å². The Morgan fingerprint density at radius 1 is 1.33 bits per heavy atom. The van der Waals surface area contributed by atoms with Gasteiger partial charge >= 0.3 is 0 Å². The molecule has 5 nitrogen and oxygen atoms in total. The molecule has 128 valence electrons. The molecule has 1 saturated carbocycles. The highest BCUT2D eigenvalue weighted by molar-refractivity contribution is 5.81. The van der Waals surface area contributed by atoms with Crippen LogP contribution in [0.2, 0.25) is 0 Å². The number of hydrogen-bond donors (Lipinski definition) is 0. The molecule has 2 fully saturated rings. The average Bonchev–Trinajstić information content (AvgIpc) is 3.35. The van der Waals surface area contributed by atoms with Crippen LogP contribution in [0.15, 0.2) is 24.3 Å². The highest BCUT2D eigenvalue weighted by atomic mass is 16.5. The van der Waals surface area contributed by atoms with Crippen LogP contribution in [0.25, 0.3) is 0 Å². The van der Waals surface area contributed by atoms with Gasteiger partial charge in [-0.1, -0.05) is 13.0 Å². The molecular formula is C19H25N3O2. The molecule has 0 N–H and O–H groups in total. The summed E-state index contributed by atoms with van der Waals surface area (Å²) in [6, 6.07) is 9.38. The number of piperazine rings is 1. The van der Waals surface area contributed by atoms with Crippen LogP contribution in [0.4, 0.5) is 0 Å². The van der Waals surface area contributed by atoms with Crippen molar-refractivity contribution in [2.24, 2.45) is 11.8 Å². The van der Waals surface area contributed by atoms with Gasteiger partial charge in [-0.05, 0) is 37.0 Å². The smallest absolute Gasteiger partial charge is 0.226 e. The zero-order valence-corrected chi connectivity index (χ0v) is 14.3. The van der Waals surface area contributed by atoms with Crippen molar-refractivity contribution in [3.05, 3.63) is 29.8 Å². The molecule has 3 rings (SSSR count). The molecule has 5 heteroatoms. The largest absolute Gasteiger partial charge is 0.494 e. The lowest BCUT2D eigenvalue weighted by molar-refractivity contribution is -0.134. The third-order valence-corrected chi connectivity index (χ3v) is 4.96. The van der Waals surface area contributed by atoms with Crippen molar-refractivity contribution in [2.75, 3.05) is 39.3 Å². The van der Waals surface area contributed by atoms with E-state index in [2.05, 4.69) is 17.9 Å². The van der Waals surface area contributed by atoms with Crippen LogP contribution >= 0.6 is 0 Å². The Kier molecular flexibility index (Phi) is 5.37. The van der Waals surface area contributed by atoms with Crippen LogP contribution in [0.5, 0.6) is 5.75 Å². The molecule has 1 amide bonds. The van der Waals surface area contributed by atoms with E-state index in [9.17, 15) is 4.79 Å². The summed E-state index contributed by atoms with van der Waals surface area (Å²) in [4.78, 5) is 16.6. The van der Waals surface area contributed by atoms with Crippen LogP contribution in [-0.2, 0) is 4.79 Å². The van der Waals surface area contributed by atoms with Crippen molar-refractivity contribution in [3.63, 3.8) is 0 Å². The fraction of sp³-hybridized carbons (Fsp3) is 0.579. The van der Waals surface area contributed by atoms with Crippen LogP contribution < -0.4 is 4.74 Å². The van der Waals surface area contributed by atoms with Gasteiger partial charge in [0.1, 0.15) is 5.75 Å². The predicted octanol–water partition coefficient (Wildman–Crippen LogP) is 2.13. The second kappa shape index (κ2) is 7.67. The lowest BCUT2D eigenvalue weighted by Crippen LogP contribution is -2.49. The van der Waals surface area contributed by atoms with Gasteiger partial charge in [0.2, 0.25) is 5.91 Å². The zero-order chi connectivity index (χ0) is 16.9. The number of hydrogen-bond acceptors (Lipinski definition) is 4. The van der Waals surface area contributed by atoms with Crippen LogP contribution in [-0.4, -0.2) is 55.0 Å². The van der Waals surface area contributed by atoms with E-state index < -0.39 is 0 Å². The number of amides is 1. The van der Waals surface area contributed by atoms with Crippen molar-refractivity contribution < 1.29 is 9.53 Å². The first-order valence-corrected chi connectivity index (χ1v) is 8.81. The second-order valence-corrected chi connectivity index (χ2v) is 6.83. The Bertz CT molecular complexity index is 617. The fourth-order valence-electron chi connectivity index (χ4n) is 3.23. The standard InChI is InChI=1S/C19H25N3O2/c1-15-12-18(15)19(23)22-9-7-21(8-10-22)6-3-11-24-17-5-2-4-16(13-17)14-20/h2,4-5,13,15,18H,3,6-12H2,1H3/t15-,18-/m1/s1. The molecule has 0 aromatic heterocycles. The quantitative estimate of drug-likeness (QED) is 0.751. The summed E-state index contributed by atoms with van der Waals surface area (Å²) < 4.78 is 5.71. The van der Waals surface area contributed by atoms with Crippen molar-refractivity contribution >= 4 is 5.91 Å². The maximum Gasteiger partial charge on any atom is 0.226 e. The van der Waals surface area contributed by atoms with E-state index in [-0.39, 0.29) is 0 Å². The number of carbonyl (C=O) groups excluding carboxylic acids is 1. The summed E-state index contributed by atoms with van der Waals surface area (Å²) in [5.74, 6) is 2.01. The maximum atomic E-state index is 12.2. The van der Waals surface area contributed by atoms with Gasteiger partial charge in [-0.15, -0.1) is 0 Å². The van der Waals surface area contributed by atoms with Gasteiger partial charge in [-0.2, -0.15) is 5.26 Å². The van der Waals surface area contributed by atoms with Gasteiger partial charge in [0, 0.05) is 38.6 Å². The number of nitriles is 1. The molecule has 1 aliphatic carbocycles. The summed E-state index contributed by atoms with van der Waals surface area (Å²) in [5, 5.41) is 8.88. The Morgan fingerprint density at radius 2 is 2.08 bits per heavy atom. The molecule has 0 spiro atoms. The number of rotatable bonds is 6. The van der Waals surface area contributed by atoms with E-state index in [1.165, 1.54) is 0 Å². The van der Waals surface area contributed by atoms with E-state index >= 15 is 0 Å². The van der Waals surface area contributed by atoms with E-state index in [0.717, 1.165) is 51.3 Å². The summed E-state index contributed by atoms with van der Waals surface area (Å²) in [5.41, 5.74) is 0.623. The topological polar surface area (TPSA) is 56.6 Å². The van der Waals surface area contributed by atoms with Crippen molar-refractivity contribution in [1.29, 1.82) is 5.26 Å². The Balaban J connectivity index is 1.32. The van der Waals surface area contributed by atoms with Gasteiger partial charge in [-0.3, -0.25) is 9.69 Å². The summed E-state index contributed by atoms with van der Waals surface area (Å²) in [7, 11) is 0. The lowest BCUT2D eigenvalue weighted by atomic mass is 10.2. The molecule has 2 aliphatic rings. The molecule has 2 atom stereocenters. The van der Waals surface area contributed by atoms with Crippen LogP contribution in [0.1, 0.15) is 25.3 Å². The molecule has 0 radical (unpaired) electrons. The van der Waals surface area contributed by atoms with Crippen LogP contribution in [0, 0.1) is 23.2 Å². The lowest BCUT2D eigenvalue weighted by Gasteiger charge is -2.35. The SMILES string of the molecule is C[C@@H]1C[C@H]1C(=O)N1CCN(CCCOc2cccc(C#N)c2)CC1.